The first-order valence-electron chi connectivity index (χ1n) is 14.0. The molecule has 44 heavy (non-hydrogen) atoms. The van der Waals surface area contributed by atoms with E-state index in [-0.39, 0.29) is 5.88 Å². The minimum absolute atomic E-state index is 0.00277. The maximum Gasteiger partial charge on any atom is 0.323 e. The second kappa shape index (κ2) is 12.8. The minimum atomic E-state index is -0.613. The Bertz CT molecular complexity index is 1810. The maximum atomic E-state index is 13.6. The summed E-state index contributed by atoms with van der Waals surface area (Å²) in [5.41, 5.74) is 10.7. The van der Waals surface area contributed by atoms with Crippen molar-refractivity contribution in [1.29, 1.82) is 5.26 Å². The summed E-state index contributed by atoms with van der Waals surface area (Å²) < 4.78 is 17.7. The Morgan fingerprint density at radius 2 is 1.45 bits per heavy atom. The Balaban J connectivity index is 1.24. The molecular weight excluding hydrogens is 572 g/mol. The average molecular weight is 599 g/mol. The third kappa shape index (κ3) is 6.14. The van der Waals surface area contributed by atoms with Crippen LogP contribution in [0.3, 0.4) is 0 Å². The molecule has 0 radical (unpaired) electrons. The number of rotatable bonds is 8. The van der Waals surface area contributed by atoms with Gasteiger partial charge in [0.25, 0.3) is 0 Å². The molecule has 1 unspecified atom stereocenters. The number of carbonyl (C=O) groups is 1. The number of nitriles is 1. The van der Waals surface area contributed by atoms with Gasteiger partial charge in [0.2, 0.25) is 5.88 Å². The van der Waals surface area contributed by atoms with Gasteiger partial charge in [0.1, 0.15) is 41.4 Å². The number of allylic oxidation sites excluding steroid dienone is 1. The van der Waals surface area contributed by atoms with E-state index >= 15 is 0 Å². The van der Waals surface area contributed by atoms with Gasteiger partial charge in [0.15, 0.2) is 0 Å². The van der Waals surface area contributed by atoms with Gasteiger partial charge >= 0.3 is 5.97 Å². The van der Waals surface area contributed by atoms with E-state index in [2.05, 4.69) is 6.07 Å². The van der Waals surface area contributed by atoms with Gasteiger partial charge in [-0.1, -0.05) is 103 Å². The summed E-state index contributed by atoms with van der Waals surface area (Å²) in [5.74, 6) is -0.106. The molecule has 216 valence electrons. The number of hydrogen-bond acceptors (Lipinski definition) is 6. The van der Waals surface area contributed by atoms with Crippen molar-refractivity contribution in [3.8, 4) is 23.3 Å². The zero-order chi connectivity index (χ0) is 30.5. The second-order valence-corrected chi connectivity index (χ2v) is 10.7. The largest absolute Gasteiger partial charge is 0.489 e. The summed E-state index contributed by atoms with van der Waals surface area (Å²) in [6.45, 7) is 0.393. The van der Waals surface area contributed by atoms with Gasteiger partial charge in [0.05, 0.1) is 5.92 Å². The van der Waals surface area contributed by atoms with Crippen LogP contribution in [0.15, 0.2) is 139 Å². The third-order valence-corrected chi connectivity index (χ3v) is 7.69. The lowest BCUT2D eigenvalue weighted by molar-refractivity contribution is -0.135. The van der Waals surface area contributed by atoms with Crippen molar-refractivity contribution in [2.24, 2.45) is 5.73 Å². The van der Waals surface area contributed by atoms with Crippen LogP contribution in [0.4, 0.5) is 0 Å². The van der Waals surface area contributed by atoms with Crippen LogP contribution in [0.25, 0.3) is 0 Å². The minimum Gasteiger partial charge on any atom is -0.489 e. The van der Waals surface area contributed by atoms with Crippen LogP contribution < -0.4 is 19.9 Å². The van der Waals surface area contributed by atoms with Crippen LogP contribution in [0.2, 0.25) is 5.02 Å². The van der Waals surface area contributed by atoms with E-state index in [9.17, 15) is 10.1 Å². The molecule has 1 atom stereocenters. The second-order valence-electron chi connectivity index (χ2n) is 10.3. The summed E-state index contributed by atoms with van der Waals surface area (Å²) >= 11 is 5.97. The summed E-state index contributed by atoms with van der Waals surface area (Å²) in [6.07, 6.45) is 0. The van der Waals surface area contributed by atoms with Crippen molar-refractivity contribution in [2.45, 2.75) is 18.4 Å². The highest BCUT2D eigenvalue weighted by Crippen LogP contribution is 2.44. The molecule has 5 aromatic carbocycles. The molecule has 1 heterocycles. The van der Waals surface area contributed by atoms with Gasteiger partial charge < -0.3 is 19.9 Å². The summed E-state index contributed by atoms with van der Waals surface area (Å²) in [7, 11) is 0. The standard InChI is InChI=1S/C37H27ClN2O4/c38-28-15-11-24(12-16-28)23-42-29-17-13-27(14-18-29)35-31-20-19-30(21-33(31)44-36(40)32(35)22-39)43-37(41)34(25-7-3-1-4-8-25)26-9-5-2-6-10-26/h1-21,34-35H,23,40H2. The van der Waals surface area contributed by atoms with Crippen LogP contribution in [-0.4, -0.2) is 5.97 Å². The molecule has 5 aromatic rings. The Morgan fingerprint density at radius 1 is 0.841 bits per heavy atom. The van der Waals surface area contributed by atoms with Crippen molar-refractivity contribution >= 4 is 17.6 Å². The van der Waals surface area contributed by atoms with E-state index in [1.165, 1.54) is 0 Å². The third-order valence-electron chi connectivity index (χ3n) is 7.44. The van der Waals surface area contributed by atoms with Crippen LogP contribution in [0, 0.1) is 11.3 Å². The monoisotopic (exact) mass is 598 g/mol. The van der Waals surface area contributed by atoms with Gasteiger partial charge in [-0.25, -0.2) is 0 Å². The number of ether oxygens (including phenoxy) is 3. The maximum absolute atomic E-state index is 13.6. The first kappa shape index (κ1) is 28.6. The number of fused-ring (bicyclic) bond motifs is 1. The predicted octanol–water partition coefficient (Wildman–Crippen LogP) is 7.87. The summed E-state index contributed by atoms with van der Waals surface area (Å²) in [5, 5.41) is 10.7. The smallest absolute Gasteiger partial charge is 0.323 e. The predicted molar refractivity (Wildman–Crippen MR) is 168 cm³/mol. The highest BCUT2D eigenvalue weighted by Gasteiger charge is 2.32. The molecule has 1 aliphatic heterocycles. The van der Waals surface area contributed by atoms with E-state index in [1.807, 2.05) is 109 Å². The van der Waals surface area contributed by atoms with Crippen molar-refractivity contribution in [2.75, 3.05) is 0 Å². The molecule has 0 bridgehead atoms. The molecule has 2 N–H and O–H groups in total. The Morgan fingerprint density at radius 3 is 2.07 bits per heavy atom. The quantitative estimate of drug-likeness (QED) is 0.144. The van der Waals surface area contributed by atoms with Gasteiger partial charge in [-0.3, -0.25) is 4.79 Å². The lowest BCUT2D eigenvalue weighted by Crippen LogP contribution is -2.22. The van der Waals surface area contributed by atoms with Crippen LogP contribution in [0.1, 0.15) is 39.7 Å². The van der Waals surface area contributed by atoms with Crippen molar-refractivity contribution in [1.82, 2.24) is 0 Å². The molecule has 1 aliphatic rings. The highest BCUT2D eigenvalue weighted by atomic mass is 35.5. The van der Waals surface area contributed by atoms with Crippen molar-refractivity contribution in [3.05, 3.63) is 172 Å². The van der Waals surface area contributed by atoms with Crippen LogP contribution in [0.5, 0.6) is 17.2 Å². The van der Waals surface area contributed by atoms with Crippen LogP contribution in [-0.2, 0) is 11.4 Å². The van der Waals surface area contributed by atoms with Crippen LogP contribution >= 0.6 is 11.6 Å². The van der Waals surface area contributed by atoms with Gasteiger partial charge in [-0.2, -0.15) is 5.26 Å². The number of carbonyl (C=O) groups excluding carboxylic acids is 1. The highest BCUT2D eigenvalue weighted by molar-refractivity contribution is 6.30. The van der Waals surface area contributed by atoms with Crippen molar-refractivity contribution in [3.63, 3.8) is 0 Å². The fourth-order valence-electron chi connectivity index (χ4n) is 5.28. The molecule has 0 saturated heterocycles. The number of hydrogen-bond donors (Lipinski definition) is 1. The first-order valence-corrected chi connectivity index (χ1v) is 14.4. The Labute approximate surface area is 260 Å². The zero-order valence-electron chi connectivity index (χ0n) is 23.5. The summed E-state index contributed by atoms with van der Waals surface area (Å²) in [6, 6.07) is 41.4. The van der Waals surface area contributed by atoms with E-state index in [0.29, 0.717) is 34.5 Å². The van der Waals surface area contributed by atoms with Gasteiger partial charge in [0, 0.05) is 16.7 Å². The normalized spacial score (nSPS) is 13.9. The first-order chi connectivity index (χ1) is 21.5. The number of nitrogens with zero attached hydrogens (tertiary/aromatic N) is 1. The fraction of sp³-hybridized carbons (Fsp3) is 0.0811. The molecule has 0 amide bonds. The van der Waals surface area contributed by atoms with E-state index in [4.69, 9.17) is 31.5 Å². The molecule has 0 aliphatic carbocycles. The molecular formula is C37H27ClN2O4. The van der Waals surface area contributed by atoms with Gasteiger partial charge in [-0.15, -0.1) is 0 Å². The molecule has 0 aromatic heterocycles. The molecule has 0 fully saturated rings. The van der Waals surface area contributed by atoms with Gasteiger partial charge in [-0.05, 0) is 52.6 Å². The molecule has 0 spiro atoms. The molecule has 6 nitrogen and oxygen atoms in total. The van der Waals surface area contributed by atoms with E-state index in [0.717, 1.165) is 27.8 Å². The molecule has 7 heteroatoms. The van der Waals surface area contributed by atoms with E-state index in [1.54, 1.807) is 18.2 Å². The Kier molecular flexibility index (Phi) is 8.31. The van der Waals surface area contributed by atoms with E-state index < -0.39 is 17.8 Å². The number of halogens is 1. The molecule has 6 rings (SSSR count). The number of benzene rings is 5. The number of esters is 1. The van der Waals surface area contributed by atoms with Crippen molar-refractivity contribution < 1.29 is 19.0 Å². The number of nitrogens with two attached hydrogens (primary N) is 1. The SMILES string of the molecule is N#CC1=C(N)Oc2cc(OC(=O)C(c3ccccc3)c3ccccc3)ccc2C1c1ccc(OCc2ccc(Cl)cc2)cc1. The Hall–Kier alpha value is -5.51. The zero-order valence-corrected chi connectivity index (χ0v) is 24.3. The lowest BCUT2D eigenvalue weighted by Gasteiger charge is -2.27. The fourth-order valence-corrected chi connectivity index (χ4v) is 5.40. The summed E-state index contributed by atoms with van der Waals surface area (Å²) in [4.78, 5) is 13.6. The molecule has 0 saturated carbocycles. The lowest BCUT2D eigenvalue weighted by atomic mass is 9.83. The topological polar surface area (TPSA) is 94.6 Å². The average Bonchev–Trinajstić information content (AvgIpc) is 3.05.